The molecule has 0 fully saturated rings. The fourth-order valence-electron chi connectivity index (χ4n) is 0.742. The van der Waals surface area contributed by atoms with E-state index < -0.39 is 11.1 Å². The lowest BCUT2D eigenvalue weighted by Gasteiger charge is -2.05. The Morgan fingerprint density at radius 1 is 1.45 bits per heavy atom. The van der Waals surface area contributed by atoms with E-state index in [-0.39, 0.29) is 5.75 Å². The first-order valence-corrected chi connectivity index (χ1v) is 5.31. The van der Waals surface area contributed by atoms with Crippen molar-refractivity contribution in [1.29, 1.82) is 0 Å². The summed E-state index contributed by atoms with van der Waals surface area (Å²) in [5.74, 6) is 0.110. The van der Waals surface area contributed by atoms with Crippen LogP contribution in [0.15, 0.2) is 24.3 Å². The molecule has 0 saturated carbocycles. The van der Waals surface area contributed by atoms with Gasteiger partial charge in [0.05, 0.1) is 0 Å². The third-order valence-electron chi connectivity index (χ3n) is 1.23. The van der Waals surface area contributed by atoms with Crippen molar-refractivity contribution in [1.82, 2.24) is 0 Å². The van der Waals surface area contributed by atoms with Crippen molar-refractivity contribution in [2.45, 2.75) is 5.75 Å². The van der Waals surface area contributed by atoms with E-state index in [0.29, 0.717) is 0 Å². The van der Waals surface area contributed by atoms with Crippen LogP contribution in [-0.2, 0) is 16.8 Å². The first-order valence-electron chi connectivity index (χ1n) is 2.99. The van der Waals surface area contributed by atoms with Crippen LogP contribution in [0.25, 0.3) is 0 Å². The smallest absolute Gasteiger partial charge is 0.0363 e. The van der Waals surface area contributed by atoms with Crippen LogP contribution < -0.4 is 0 Å². The fraction of sp³-hybridized carbons (Fsp3) is 0.143. The number of hydrogen-bond acceptors (Lipinski definition) is 2. The summed E-state index contributed by atoms with van der Waals surface area (Å²) in [6.07, 6.45) is 0. The van der Waals surface area contributed by atoms with Gasteiger partial charge in [0.25, 0.3) is 0 Å². The van der Waals surface area contributed by atoms with Gasteiger partial charge >= 0.3 is 0 Å². The van der Waals surface area contributed by atoms with Crippen molar-refractivity contribution in [2.24, 2.45) is 0 Å². The van der Waals surface area contributed by atoms with Crippen LogP contribution in [0, 0.1) is 3.57 Å². The molecule has 1 rings (SSSR count). The molecule has 0 saturated heterocycles. The molecule has 0 spiro atoms. The van der Waals surface area contributed by atoms with Gasteiger partial charge in [-0.15, -0.1) is 0 Å². The van der Waals surface area contributed by atoms with Gasteiger partial charge in [-0.25, -0.2) is 0 Å². The van der Waals surface area contributed by atoms with E-state index in [1.54, 1.807) is 0 Å². The van der Waals surface area contributed by atoms with E-state index in [9.17, 15) is 8.76 Å². The molecule has 60 valence electrons. The third kappa shape index (κ3) is 2.88. The summed E-state index contributed by atoms with van der Waals surface area (Å²) in [6, 6.07) is 7.43. The molecule has 0 aliphatic rings. The van der Waals surface area contributed by atoms with Crippen LogP contribution in [-0.4, -0.2) is 8.76 Å². The van der Waals surface area contributed by atoms with Crippen molar-refractivity contribution in [2.75, 3.05) is 0 Å². The molecule has 2 nitrogen and oxygen atoms in total. The number of rotatable bonds is 2. The second-order valence-electron chi connectivity index (χ2n) is 2.04. The zero-order chi connectivity index (χ0) is 8.27. The highest BCUT2D eigenvalue weighted by atomic mass is 127. The summed E-state index contributed by atoms with van der Waals surface area (Å²) in [7, 11) is 0. The molecule has 1 aromatic carbocycles. The van der Waals surface area contributed by atoms with Crippen LogP contribution in [0.3, 0.4) is 0 Å². The quantitative estimate of drug-likeness (QED) is 0.611. The predicted molar refractivity (Wildman–Crippen MR) is 51.8 cm³/mol. The van der Waals surface area contributed by atoms with Crippen molar-refractivity contribution in [3.05, 3.63) is 33.4 Å². The monoisotopic (exact) mass is 281 g/mol. The maximum absolute atomic E-state index is 10.3. The van der Waals surface area contributed by atoms with Crippen LogP contribution in [0.1, 0.15) is 5.56 Å². The molecule has 1 aromatic rings. The molecule has 1 unspecified atom stereocenters. The molecule has 0 aliphatic carbocycles. The number of halogens is 1. The van der Waals surface area contributed by atoms with Crippen LogP contribution in [0.4, 0.5) is 0 Å². The molecular weight excluding hydrogens is 275 g/mol. The van der Waals surface area contributed by atoms with E-state index in [1.165, 1.54) is 0 Å². The maximum Gasteiger partial charge on any atom is 0.0363 e. The first kappa shape index (κ1) is 9.15. The van der Waals surface area contributed by atoms with Crippen LogP contribution in [0.5, 0.6) is 0 Å². The van der Waals surface area contributed by atoms with E-state index in [1.807, 2.05) is 24.3 Å². The summed E-state index contributed by atoms with van der Waals surface area (Å²) in [5.41, 5.74) is 0.862. The molecule has 11 heavy (non-hydrogen) atoms. The van der Waals surface area contributed by atoms with Crippen molar-refractivity contribution < 1.29 is 8.76 Å². The van der Waals surface area contributed by atoms with Gasteiger partial charge in [-0.3, -0.25) is 4.21 Å². The number of hydrogen-bond donors (Lipinski definition) is 0. The largest absolute Gasteiger partial charge is 0.772 e. The molecule has 4 heteroatoms. The van der Waals surface area contributed by atoms with Gasteiger partial charge in [0, 0.05) is 9.32 Å². The second kappa shape index (κ2) is 4.18. The SMILES string of the molecule is O=S([O-])Cc1ccccc1I. The summed E-state index contributed by atoms with van der Waals surface area (Å²) >= 11 is 0.139. The normalized spacial score (nSPS) is 12.9. The summed E-state index contributed by atoms with van der Waals surface area (Å²) in [5, 5.41) is 0. The Morgan fingerprint density at radius 2 is 2.09 bits per heavy atom. The Bertz CT molecular complexity index is 275. The first-order chi connectivity index (χ1) is 5.20. The molecule has 0 aliphatic heterocycles. The average molecular weight is 281 g/mol. The zero-order valence-corrected chi connectivity index (χ0v) is 8.59. The van der Waals surface area contributed by atoms with Gasteiger partial charge in [0.2, 0.25) is 0 Å². The molecule has 0 heterocycles. The average Bonchev–Trinajstić information content (AvgIpc) is 1.93. The summed E-state index contributed by atoms with van der Waals surface area (Å²) in [4.78, 5) is 0. The lowest BCUT2D eigenvalue weighted by molar-refractivity contribution is 0.536. The molecule has 1 atom stereocenters. The predicted octanol–water partition coefficient (Wildman–Crippen LogP) is 1.67. The summed E-state index contributed by atoms with van der Waals surface area (Å²) in [6.45, 7) is 0. The van der Waals surface area contributed by atoms with Crippen LogP contribution in [0.2, 0.25) is 0 Å². The van der Waals surface area contributed by atoms with E-state index in [4.69, 9.17) is 0 Å². The highest BCUT2D eigenvalue weighted by molar-refractivity contribution is 14.1. The Balaban J connectivity index is 2.86. The number of benzene rings is 1. The standard InChI is InChI=1S/C7H7IO2S/c8-7-4-2-1-3-6(7)5-11(9)10/h1-4H,5H2,(H,9,10)/p-1. The summed E-state index contributed by atoms with van der Waals surface area (Å²) < 4.78 is 21.6. The minimum absolute atomic E-state index is 0.110. The van der Waals surface area contributed by atoms with E-state index in [2.05, 4.69) is 22.6 Å². The highest BCUT2D eigenvalue weighted by Crippen LogP contribution is 2.12. The molecule has 0 aromatic heterocycles. The van der Waals surface area contributed by atoms with Crippen molar-refractivity contribution in [3.8, 4) is 0 Å². The Kier molecular flexibility index (Phi) is 3.47. The lowest BCUT2D eigenvalue weighted by atomic mass is 10.2. The lowest BCUT2D eigenvalue weighted by Crippen LogP contribution is -1.95. The minimum Gasteiger partial charge on any atom is -0.772 e. The van der Waals surface area contributed by atoms with E-state index >= 15 is 0 Å². The maximum atomic E-state index is 10.3. The second-order valence-corrected chi connectivity index (χ2v) is 4.10. The van der Waals surface area contributed by atoms with Crippen molar-refractivity contribution >= 4 is 33.7 Å². The molecule has 0 N–H and O–H groups in total. The Labute approximate surface area is 81.4 Å². The fourth-order valence-corrected chi connectivity index (χ4v) is 2.08. The zero-order valence-electron chi connectivity index (χ0n) is 5.62. The van der Waals surface area contributed by atoms with Gasteiger partial charge in [0.15, 0.2) is 0 Å². The van der Waals surface area contributed by atoms with Gasteiger partial charge in [-0.05, 0) is 34.2 Å². The van der Waals surface area contributed by atoms with Gasteiger partial charge < -0.3 is 4.55 Å². The van der Waals surface area contributed by atoms with E-state index in [0.717, 1.165) is 9.13 Å². The van der Waals surface area contributed by atoms with Gasteiger partial charge in [-0.1, -0.05) is 29.3 Å². The molecule has 0 radical (unpaired) electrons. The highest BCUT2D eigenvalue weighted by Gasteiger charge is 1.96. The molecule has 0 amide bonds. The third-order valence-corrected chi connectivity index (χ3v) is 2.83. The van der Waals surface area contributed by atoms with Gasteiger partial charge in [-0.2, -0.15) is 0 Å². The van der Waals surface area contributed by atoms with Crippen LogP contribution >= 0.6 is 22.6 Å². The Morgan fingerprint density at radius 3 is 2.64 bits per heavy atom. The molecular formula is C7H6IO2S-. The minimum atomic E-state index is -1.98. The topological polar surface area (TPSA) is 40.1 Å². The Hall–Kier alpha value is 0.0600. The van der Waals surface area contributed by atoms with Gasteiger partial charge in [0.1, 0.15) is 0 Å². The van der Waals surface area contributed by atoms with Crippen molar-refractivity contribution in [3.63, 3.8) is 0 Å². The molecule has 0 bridgehead atoms.